The molecule has 0 bridgehead atoms. The molecule has 2 heterocycles. The molecule has 1 N–H and O–H groups in total. The van der Waals surface area contributed by atoms with Crippen LogP contribution in [0.4, 0.5) is 0 Å². The Kier molecular flexibility index (Phi) is 4.68. The summed E-state index contributed by atoms with van der Waals surface area (Å²) in [6.45, 7) is 5.88. The van der Waals surface area contributed by atoms with E-state index in [0.717, 1.165) is 22.8 Å². The summed E-state index contributed by atoms with van der Waals surface area (Å²) in [5.74, 6) is 1.13. The summed E-state index contributed by atoms with van der Waals surface area (Å²) in [6.07, 6.45) is 0. The van der Waals surface area contributed by atoms with Crippen molar-refractivity contribution in [3.63, 3.8) is 0 Å². The molecule has 0 atom stereocenters. The fourth-order valence-electron chi connectivity index (χ4n) is 2.42. The van der Waals surface area contributed by atoms with Crippen LogP contribution < -0.4 is 5.56 Å². The number of rotatable bonds is 4. The molecule has 0 saturated heterocycles. The van der Waals surface area contributed by atoms with Gasteiger partial charge >= 0.3 is 0 Å². The summed E-state index contributed by atoms with van der Waals surface area (Å²) in [5, 5.41) is 0.853. The van der Waals surface area contributed by atoms with Crippen LogP contribution in [0.2, 0.25) is 0 Å². The van der Waals surface area contributed by atoms with E-state index in [9.17, 15) is 4.79 Å². The lowest BCUT2D eigenvalue weighted by Crippen LogP contribution is -2.26. The van der Waals surface area contributed by atoms with E-state index in [1.54, 1.807) is 0 Å². The smallest absolute Gasteiger partial charge is 0.294 e. The van der Waals surface area contributed by atoms with Gasteiger partial charge in [-0.15, -0.1) is 0 Å². The molecule has 7 heteroatoms. The zero-order valence-electron chi connectivity index (χ0n) is 13.0. The first-order valence-electron chi connectivity index (χ1n) is 7.46. The number of fused-ring (bicyclic) bond motifs is 3. The number of para-hydroxylation sites is 1. The molecule has 0 unspecified atom stereocenters. The molecule has 0 aliphatic heterocycles. The Morgan fingerprint density at radius 1 is 1.35 bits per heavy atom. The number of aromatic nitrogens is 2. The largest absolute Gasteiger partial charge is 0.449 e. The average molecular weight is 347 g/mol. The van der Waals surface area contributed by atoms with E-state index in [0.29, 0.717) is 22.7 Å². The van der Waals surface area contributed by atoms with E-state index < -0.39 is 0 Å². The molecule has 23 heavy (non-hydrogen) atoms. The van der Waals surface area contributed by atoms with Gasteiger partial charge in [-0.3, -0.25) is 4.79 Å². The molecule has 1 aromatic carbocycles. The predicted octanol–water partition coefficient (Wildman–Crippen LogP) is 3.53. The van der Waals surface area contributed by atoms with Crippen LogP contribution in [0, 0.1) is 0 Å². The van der Waals surface area contributed by atoms with Gasteiger partial charge in [-0.2, -0.15) is 0 Å². The highest BCUT2D eigenvalue weighted by molar-refractivity contribution is 8.22. The Morgan fingerprint density at radius 3 is 2.83 bits per heavy atom. The molecule has 0 radical (unpaired) electrons. The van der Waals surface area contributed by atoms with Crippen LogP contribution >= 0.6 is 24.0 Å². The number of nitrogens with zero attached hydrogens (tertiary/aromatic N) is 2. The Balaban J connectivity index is 1.92. The maximum atomic E-state index is 12.2. The van der Waals surface area contributed by atoms with E-state index in [2.05, 4.69) is 28.7 Å². The van der Waals surface area contributed by atoms with E-state index in [1.807, 2.05) is 24.3 Å². The lowest BCUT2D eigenvalue weighted by atomic mass is 10.2. The highest BCUT2D eigenvalue weighted by Crippen LogP contribution is 2.25. The summed E-state index contributed by atoms with van der Waals surface area (Å²) in [6, 6.07) is 7.52. The third-order valence-electron chi connectivity index (χ3n) is 3.63. The third kappa shape index (κ3) is 3.11. The second-order valence-corrected chi connectivity index (χ2v) is 6.62. The van der Waals surface area contributed by atoms with Gasteiger partial charge in [0.05, 0.1) is 5.75 Å². The van der Waals surface area contributed by atoms with Crippen LogP contribution in [-0.4, -0.2) is 32.3 Å². The van der Waals surface area contributed by atoms with E-state index in [-0.39, 0.29) is 11.1 Å². The van der Waals surface area contributed by atoms with Gasteiger partial charge in [-0.1, -0.05) is 36.1 Å². The lowest BCUT2D eigenvalue weighted by molar-refractivity contribution is 0.482. The first-order chi connectivity index (χ1) is 11.1. The van der Waals surface area contributed by atoms with E-state index in [1.165, 1.54) is 11.8 Å². The van der Waals surface area contributed by atoms with Crippen LogP contribution in [0.3, 0.4) is 0 Å². The normalized spacial score (nSPS) is 11.2. The van der Waals surface area contributed by atoms with Gasteiger partial charge in [-0.25, -0.2) is 4.98 Å². The van der Waals surface area contributed by atoms with Gasteiger partial charge in [0, 0.05) is 18.5 Å². The molecule has 0 amide bonds. The quantitative estimate of drug-likeness (QED) is 0.729. The van der Waals surface area contributed by atoms with Crippen LogP contribution in [-0.2, 0) is 5.75 Å². The lowest BCUT2D eigenvalue weighted by Gasteiger charge is -2.20. The van der Waals surface area contributed by atoms with Crippen molar-refractivity contribution in [2.75, 3.05) is 13.1 Å². The van der Waals surface area contributed by atoms with E-state index >= 15 is 0 Å². The summed E-state index contributed by atoms with van der Waals surface area (Å²) in [4.78, 5) is 21.7. The molecule has 5 nitrogen and oxygen atoms in total. The minimum Gasteiger partial charge on any atom is -0.449 e. The number of thiocarbonyl (C=S) groups is 1. The van der Waals surface area contributed by atoms with E-state index in [4.69, 9.17) is 16.6 Å². The Morgan fingerprint density at radius 2 is 2.09 bits per heavy atom. The number of aromatic amines is 1. The van der Waals surface area contributed by atoms with Crippen LogP contribution in [0.25, 0.3) is 22.1 Å². The van der Waals surface area contributed by atoms with Crippen molar-refractivity contribution in [3.05, 3.63) is 40.4 Å². The summed E-state index contributed by atoms with van der Waals surface area (Å²) in [5.41, 5.74) is 1.29. The number of benzene rings is 1. The van der Waals surface area contributed by atoms with Gasteiger partial charge in [0.2, 0.25) is 5.58 Å². The number of hydrogen-bond acceptors (Lipinski definition) is 5. The average Bonchev–Trinajstić information content (AvgIpc) is 2.94. The van der Waals surface area contributed by atoms with Crippen molar-refractivity contribution >= 4 is 50.4 Å². The SMILES string of the molecule is CCN(CC)C(=S)SCc1nc2c(oc3ccccc32)c(=O)[nH]1. The second kappa shape index (κ2) is 6.72. The Labute approximate surface area is 143 Å². The molecule has 0 saturated carbocycles. The molecular weight excluding hydrogens is 330 g/mol. The molecule has 3 aromatic rings. The molecule has 0 fully saturated rings. The number of furan rings is 1. The molecule has 0 aliphatic carbocycles. The molecular formula is C16H17N3O2S2. The fourth-order valence-corrected chi connectivity index (χ4v) is 3.69. The molecule has 0 spiro atoms. The highest BCUT2D eigenvalue weighted by Gasteiger charge is 2.14. The van der Waals surface area contributed by atoms with Crippen molar-refractivity contribution in [2.45, 2.75) is 19.6 Å². The van der Waals surface area contributed by atoms with Crippen LogP contribution in [0.5, 0.6) is 0 Å². The zero-order valence-corrected chi connectivity index (χ0v) is 14.6. The maximum absolute atomic E-state index is 12.2. The standard InChI is InChI=1S/C16H17N3O2S2/c1-3-19(4-2)16(22)23-9-12-17-13-10-7-5-6-8-11(10)21-14(13)15(20)18-12/h5-8H,3-4,9H2,1-2H3,(H,17,18,20). The van der Waals surface area contributed by atoms with Crippen LogP contribution in [0.15, 0.2) is 33.5 Å². The first-order valence-corrected chi connectivity index (χ1v) is 8.85. The second-order valence-electron chi connectivity index (χ2n) is 5.02. The van der Waals surface area contributed by atoms with Gasteiger partial charge in [0.1, 0.15) is 21.2 Å². The molecule has 0 aliphatic rings. The number of thioether (sulfide) groups is 1. The van der Waals surface area contributed by atoms with Crippen molar-refractivity contribution in [3.8, 4) is 0 Å². The predicted molar refractivity (Wildman–Crippen MR) is 98.9 cm³/mol. The highest BCUT2D eigenvalue weighted by atomic mass is 32.2. The fraction of sp³-hybridized carbons (Fsp3) is 0.312. The molecule has 3 rings (SSSR count). The third-order valence-corrected chi connectivity index (χ3v) is 5.17. The number of nitrogens with one attached hydrogen (secondary N) is 1. The van der Waals surface area contributed by atoms with Crippen molar-refractivity contribution < 1.29 is 4.42 Å². The summed E-state index contributed by atoms with van der Waals surface area (Å²) in [7, 11) is 0. The zero-order chi connectivity index (χ0) is 16.4. The van der Waals surface area contributed by atoms with Crippen molar-refractivity contribution in [1.82, 2.24) is 14.9 Å². The number of hydrogen-bond donors (Lipinski definition) is 1. The monoisotopic (exact) mass is 347 g/mol. The van der Waals surface area contributed by atoms with Gasteiger partial charge in [0.15, 0.2) is 0 Å². The van der Waals surface area contributed by atoms with Crippen molar-refractivity contribution in [2.24, 2.45) is 0 Å². The van der Waals surface area contributed by atoms with Crippen molar-refractivity contribution in [1.29, 1.82) is 0 Å². The topological polar surface area (TPSA) is 62.1 Å². The molecule has 120 valence electrons. The number of H-pyrrole nitrogens is 1. The van der Waals surface area contributed by atoms with Crippen LogP contribution in [0.1, 0.15) is 19.7 Å². The Hall–Kier alpha value is -1.86. The van der Waals surface area contributed by atoms with Gasteiger partial charge in [0.25, 0.3) is 5.56 Å². The first kappa shape index (κ1) is 16.0. The van der Waals surface area contributed by atoms with Gasteiger partial charge in [-0.05, 0) is 26.0 Å². The van der Waals surface area contributed by atoms with Gasteiger partial charge < -0.3 is 14.3 Å². The minimum atomic E-state index is -0.254. The summed E-state index contributed by atoms with van der Waals surface area (Å²) < 4.78 is 6.40. The minimum absolute atomic E-state index is 0.254. The Bertz CT molecular complexity index is 912. The summed E-state index contributed by atoms with van der Waals surface area (Å²) >= 11 is 6.92. The maximum Gasteiger partial charge on any atom is 0.294 e. The molecule has 2 aromatic heterocycles.